The summed E-state index contributed by atoms with van der Waals surface area (Å²) >= 11 is 0. The normalized spacial score (nSPS) is 22.3. The molecule has 2 aromatic heterocycles. The fourth-order valence-electron chi connectivity index (χ4n) is 4.36. The first-order valence-corrected chi connectivity index (χ1v) is 11.9. The maximum Gasteiger partial charge on any atom is 0.409 e. The highest BCUT2D eigenvalue weighted by Crippen LogP contribution is 2.36. The van der Waals surface area contributed by atoms with Crippen molar-refractivity contribution in [1.29, 1.82) is 0 Å². The number of pyridine rings is 1. The first-order chi connectivity index (χ1) is 16.4. The summed E-state index contributed by atoms with van der Waals surface area (Å²) in [6.07, 6.45) is 8.30. The van der Waals surface area contributed by atoms with E-state index in [1.807, 2.05) is 0 Å². The molecular formula is C24H33N5O5. The second-order valence-electron chi connectivity index (χ2n) is 9.57. The van der Waals surface area contributed by atoms with Crippen LogP contribution < -0.4 is 4.74 Å². The number of rotatable bonds is 10. The molecular weight excluding hydrogens is 438 g/mol. The van der Waals surface area contributed by atoms with Crippen LogP contribution in [0.25, 0.3) is 11.4 Å². The van der Waals surface area contributed by atoms with Crippen LogP contribution in [0.1, 0.15) is 50.6 Å². The van der Waals surface area contributed by atoms with Crippen molar-refractivity contribution in [1.82, 2.24) is 24.9 Å². The SMILES string of the molecule is CN(CCC1CC1)C(=O)OCc1c(-c2ccc(O[C@H]3CCCC(C=O)(CO)C3)cn2)nnn1C. The zero-order valence-electron chi connectivity index (χ0n) is 19.9. The lowest BCUT2D eigenvalue weighted by atomic mass is 9.74. The van der Waals surface area contributed by atoms with Gasteiger partial charge in [0.2, 0.25) is 0 Å². The summed E-state index contributed by atoms with van der Waals surface area (Å²) in [5.74, 6) is 1.34. The minimum Gasteiger partial charge on any atom is -0.489 e. The molecule has 2 aliphatic rings. The Morgan fingerprint density at radius 2 is 2.18 bits per heavy atom. The zero-order chi connectivity index (χ0) is 24.1. The van der Waals surface area contributed by atoms with Crippen LogP contribution in [0.4, 0.5) is 4.79 Å². The van der Waals surface area contributed by atoms with E-state index in [9.17, 15) is 14.7 Å². The maximum absolute atomic E-state index is 12.3. The van der Waals surface area contributed by atoms with Crippen LogP contribution in [-0.4, -0.2) is 68.7 Å². The quantitative estimate of drug-likeness (QED) is 0.525. The Hall–Kier alpha value is -3.01. The van der Waals surface area contributed by atoms with Crippen molar-refractivity contribution in [2.24, 2.45) is 18.4 Å². The van der Waals surface area contributed by atoms with E-state index in [-0.39, 0.29) is 25.4 Å². The molecule has 184 valence electrons. The molecule has 0 aliphatic heterocycles. The summed E-state index contributed by atoms with van der Waals surface area (Å²) in [5, 5.41) is 17.9. The lowest BCUT2D eigenvalue weighted by Gasteiger charge is -2.35. The fourth-order valence-corrected chi connectivity index (χ4v) is 4.36. The molecule has 0 radical (unpaired) electrons. The number of ether oxygens (including phenoxy) is 2. The van der Waals surface area contributed by atoms with Crippen LogP contribution in [0, 0.1) is 11.3 Å². The summed E-state index contributed by atoms with van der Waals surface area (Å²) in [6.45, 7) is 0.572. The molecule has 0 spiro atoms. The third-order valence-electron chi connectivity index (χ3n) is 6.84. The third-order valence-corrected chi connectivity index (χ3v) is 6.84. The van der Waals surface area contributed by atoms with Gasteiger partial charge in [-0.3, -0.25) is 4.98 Å². The highest BCUT2D eigenvalue weighted by Gasteiger charge is 2.36. The molecule has 1 unspecified atom stereocenters. The van der Waals surface area contributed by atoms with Crippen molar-refractivity contribution in [3.63, 3.8) is 0 Å². The predicted octanol–water partition coefficient (Wildman–Crippen LogP) is 2.74. The molecule has 2 aromatic rings. The second-order valence-corrected chi connectivity index (χ2v) is 9.57. The van der Waals surface area contributed by atoms with Gasteiger partial charge in [-0.05, 0) is 50.2 Å². The molecule has 10 heteroatoms. The van der Waals surface area contributed by atoms with Gasteiger partial charge in [-0.1, -0.05) is 18.1 Å². The average molecular weight is 472 g/mol. The minimum absolute atomic E-state index is 0.0440. The number of aldehydes is 1. The Balaban J connectivity index is 1.36. The number of amides is 1. The van der Waals surface area contributed by atoms with Gasteiger partial charge in [0.05, 0.1) is 30.0 Å². The largest absolute Gasteiger partial charge is 0.489 e. The maximum atomic E-state index is 12.3. The number of aliphatic hydroxyl groups excluding tert-OH is 1. The summed E-state index contributed by atoms with van der Waals surface area (Å²) in [4.78, 5) is 29.9. The molecule has 10 nitrogen and oxygen atoms in total. The van der Waals surface area contributed by atoms with Gasteiger partial charge in [0.15, 0.2) is 0 Å². The van der Waals surface area contributed by atoms with Crippen LogP contribution in [-0.2, 0) is 23.2 Å². The minimum atomic E-state index is -0.714. The molecule has 2 aliphatic carbocycles. The highest BCUT2D eigenvalue weighted by molar-refractivity contribution is 5.67. The smallest absolute Gasteiger partial charge is 0.409 e. The van der Waals surface area contributed by atoms with E-state index in [4.69, 9.17) is 9.47 Å². The Kier molecular flexibility index (Phi) is 7.45. The lowest BCUT2D eigenvalue weighted by Crippen LogP contribution is -2.38. The van der Waals surface area contributed by atoms with Crippen molar-refractivity contribution in [2.45, 2.75) is 57.7 Å². The van der Waals surface area contributed by atoms with Crippen LogP contribution >= 0.6 is 0 Å². The van der Waals surface area contributed by atoms with E-state index in [1.54, 1.807) is 42.0 Å². The van der Waals surface area contributed by atoms with Crippen LogP contribution in [0.3, 0.4) is 0 Å². The second kappa shape index (κ2) is 10.5. The molecule has 0 bridgehead atoms. The number of nitrogens with zero attached hydrogens (tertiary/aromatic N) is 5. The predicted molar refractivity (Wildman–Crippen MR) is 123 cm³/mol. The van der Waals surface area contributed by atoms with Crippen LogP contribution in [0.5, 0.6) is 5.75 Å². The lowest BCUT2D eigenvalue weighted by molar-refractivity contribution is -0.122. The van der Waals surface area contributed by atoms with E-state index >= 15 is 0 Å². The van der Waals surface area contributed by atoms with Gasteiger partial charge in [0.25, 0.3) is 0 Å². The first-order valence-electron chi connectivity index (χ1n) is 11.9. The van der Waals surface area contributed by atoms with Gasteiger partial charge in [-0.2, -0.15) is 0 Å². The van der Waals surface area contributed by atoms with Gasteiger partial charge in [-0.15, -0.1) is 5.10 Å². The van der Waals surface area contributed by atoms with Gasteiger partial charge in [0.1, 0.15) is 30.0 Å². The molecule has 2 fully saturated rings. The highest BCUT2D eigenvalue weighted by atomic mass is 16.6. The molecule has 1 N–H and O–H groups in total. The number of aromatic nitrogens is 4. The van der Waals surface area contributed by atoms with E-state index in [2.05, 4.69) is 15.3 Å². The third kappa shape index (κ3) is 5.72. The monoisotopic (exact) mass is 471 g/mol. The summed E-state index contributed by atoms with van der Waals surface area (Å²) in [5.41, 5.74) is 1.07. The van der Waals surface area contributed by atoms with Crippen molar-refractivity contribution in [2.75, 3.05) is 20.2 Å². The van der Waals surface area contributed by atoms with Crippen LogP contribution in [0.2, 0.25) is 0 Å². The molecule has 1 amide bonds. The van der Waals surface area contributed by atoms with Gasteiger partial charge in [0, 0.05) is 20.6 Å². The van der Waals surface area contributed by atoms with Crippen molar-refractivity contribution in [3.8, 4) is 17.1 Å². The summed E-state index contributed by atoms with van der Waals surface area (Å²) in [7, 11) is 3.50. The van der Waals surface area contributed by atoms with E-state index in [1.165, 1.54) is 12.8 Å². The van der Waals surface area contributed by atoms with Crippen molar-refractivity contribution < 1.29 is 24.2 Å². The first kappa shape index (κ1) is 24.1. The number of hydrogen-bond acceptors (Lipinski definition) is 8. The Labute approximate surface area is 199 Å². The average Bonchev–Trinajstić information content (AvgIpc) is 3.62. The van der Waals surface area contributed by atoms with E-state index in [0.29, 0.717) is 42.2 Å². The standard InChI is InChI=1S/C24H33N5O5/c1-28(11-9-17-5-6-17)23(32)33-14-21-22(26-27-29(21)2)20-8-7-19(13-25-20)34-18-4-3-10-24(12-18,15-30)16-31/h7-8,13,15,17-18,31H,3-6,9-12,14,16H2,1-2H3/t18-,24?/m0/s1. The van der Waals surface area contributed by atoms with Crippen molar-refractivity contribution in [3.05, 3.63) is 24.0 Å². The number of aryl methyl sites for hydroxylation is 1. The van der Waals surface area contributed by atoms with Gasteiger partial charge in [-0.25, -0.2) is 9.48 Å². The number of carbonyl (C=O) groups is 2. The Bertz CT molecular complexity index is 990. The molecule has 0 saturated heterocycles. The molecule has 34 heavy (non-hydrogen) atoms. The van der Waals surface area contributed by atoms with Gasteiger partial charge >= 0.3 is 6.09 Å². The topological polar surface area (TPSA) is 120 Å². The van der Waals surface area contributed by atoms with E-state index < -0.39 is 5.41 Å². The number of hydrogen-bond donors (Lipinski definition) is 1. The fraction of sp³-hybridized carbons (Fsp3) is 0.625. The van der Waals surface area contributed by atoms with Gasteiger partial charge < -0.3 is 24.3 Å². The Morgan fingerprint density at radius 1 is 1.35 bits per heavy atom. The number of aliphatic hydroxyl groups is 1. The molecule has 4 rings (SSSR count). The molecule has 2 saturated carbocycles. The van der Waals surface area contributed by atoms with E-state index in [0.717, 1.165) is 31.5 Å². The molecule has 2 atom stereocenters. The zero-order valence-corrected chi connectivity index (χ0v) is 19.9. The van der Waals surface area contributed by atoms with Crippen molar-refractivity contribution >= 4 is 12.4 Å². The summed E-state index contributed by atoms with van der Waals surface area (Å²) in [6, 6.07) is 3.59. The molecule has 2 heterocycles. The summed E-state index contributed by atoms with van der Waals surface area (Å²) < 4.78 is 13.1. The number of carbonyl (C=O) groups excluding carboxylic acids is 2. The molecule has 0 aromatic carbocycles. The Morgan fingerprint density at radius 3 is 2.85 bits per heavy atom. The van der Waals surface area contributed by atoms with Crippen LogP contribution in [0.15, 0.2) is 18.3 Å².